The predicted molar refractivity (Wildman–Crippen MR) is 99.1 cm³/mol. The number of hydrogen-bond acceptors (Lipinski definition) is 4. The number of anilines is 1. The standard InChI is InChI=1S/C21H15N3O2/c1-13-6-8-14(9-7-13)22-24-23-15-10-11-18-19(12-15)21(26)17-5-3-2-4-16(17)20(18)25/h2-12H,1H3,(H,22,23). The summed E-state index contributed by atoms with van der Waals surface area (Å²) in [6, 6.07) is 19.5. The van der Waals surface area contributed by atoms with Gasteiger partial charge in [0.05, 0.1) is 11.4 Å². The predicted octanol–water partition coefficient (Wildman–Crippen LogP) is 4.88. The first-order chi connectivity index (χ1) is 12.6. The molecule has 1 N–H and O–H groups in total. The molecule has 0 amide bonds. The van der Waals surface area contributed by atoms with E-state index in [9.17, 15) is 9.59 Å². The lowest BCUT2D eigenvalue weighted by atomic mass is 9.84. The molecule has 1 aliphatic carbocycles. The van der Waals surface area contributed by atoms with Crippen LogP contribution in [0.5, 0.6) is 0 Å². The number of hydrogen-bond donors (Lipinski definition) is 1. The molecule has 0 atom stereocenters. The number of nitrogens with zero attached hydrogens (tertiary/aromatic N) is 2. The zero-order valence-electron chi connectivity index (χ0n) is 14.1. The second-order valence-electron chi connectivity index (χ2n) is 6.11. The van der Waals surface area contributed by atoms with Crippen molar-refractivity contribution in [3.8, 4) is 0 Å². The van der Waals surface area contributed by atoms with E-state index in [1.54, 1.807) is 42.5 Å². The second kappa shape index (κ2) is 6.37. The lowest BCUT2D eigenvalue weighted by Crippen LogP contribution is -2.20. The summed E-state index contributed by atoms with van der Waals surface area (Å²) in [5.74, 6) is -0.294. The van der Waals surface area contributed by atoms with E-state index in [2.05, 4.69) is 15.8 Å². The van der Waals surface area contributed by atoms with Crippen molar-refractivity contribution in [3.63, 3.8) is 0 Å². The summed E-state index contributed by atoms with van der Waals surface area (Å²) in [6.07, 6.45) is 0. The largest absolute Gasteiger partial charge is 0.289 e. The van der Waals surface area contributed by atoms with Gasteiger partial charge in [-0.05, 0) is 37.3 Å². The lowest BCUT2D eigenvalue weighted by Gasteiger charge is -2.17. The van der Waals surface area contributed by atoms with Crippen LogP contribution in [0.2, 0.25) is 0 Å². The van der Waals surface area contributed by atoms with Crippen molar-refractivity contribution in [2.45, 2.75) is 6.92 Å². The fraction of sp³-hybridized carbons (Fsp3) is 0.0476. The summed E-state index contributed by atoms with van der Waals surface area (Å²) in [7, 11) is 0. The fourth-order valence-electron chi connectivity index (χ4n) is 2.92. The van der Waals surface area contributed by atoms with Gasteiger partial charge in [0, 0.05) is 22.3 Å². The van der Waals surface area contributed by atoms with Crippen LogP contribution in [0, 0.1) is 6.92 Å². The van der Waals surface area contributed by atoms with Crippen molar-refractivity contribution < 1.29 is 9.59 Å². The molecule has 1 aliphatic rings. The van der Waals surface area contributed by atoms with Crippen LogP contribution in [-0.4, -0.2) is 11.6 Å². The molecule has 5 heteroatoms. The normalized spacial score (nSPS) is 12.8. The van der Waals surface area contributed by atoms with Gasteiger partial charge in [-0.1, -0.05) is 47.2 Å². The van der Waals surface area contributed by atoms with Gasteiger partial charge in [-0.3, -0.25) is 15.0 Å². The number of benzene rings is 3. The Morgan fingerprint density at radius 2 is 1.35 bits per heavy atom. The zero-order chi connectivity index (χ0) is 18.1. The highest BCUT2D eigenvalue weighted by Gasteiger charge is 2.29. The summed E-state index contributed by atoms with van der Waals surface area (Å²) in [5.41, 5.74) is 6.95. The number of fused-ring (bicyclic) bond motifs is 2. The average molecular weight is 341 g/mol. The molecule has 4 rings (SSSR count). The molecule has 0 aromatic heterocycles. The molecule has 5 nitrogen and oxygen atoms in total. The molecule has 0 saturated carbocycles. The molecule has 3 aromatic carbocycles. The van der Waals surface area contributed by atoms with Crippen LogP contribution in [0.3, 0.4) is 0 Å². The van der Waals surface area contributed by atoms with Gasteiger partial charge < -0.3 is 0 Å². The van der Waals surface area contributed by atoms with E-state index in [0.717, 1.165) is 11.3 Å². The number of aryl methyl sites for hydroxylation is 1. The van der Waals surface area contributed by atoms with Gasteiger partial charge in [0.1, 0.15) is 0 Å². The van der Waals surface area contributed by atoms with E-state index < -0.39 is 0 Å². The molecule has 0 bridgehead atoms. The van der Waals surface area contributed by atoms with Gasteiger partial charge in [0.25, 0.3) is 0 Å². The Labute approximate surface area is 150 Å². The van der Waals surface area contributed by atoms with Gasteiger partial charge in [0.2, 0.25) is 0 Å². The maximum absolute atomic E-state index is 12.7. The van der Waals surface area contributed by atoms with Crippen LogP contribution >= 0.6 is 0 Å². The molecule has 0 aliphatic heterocycles. The summed E-state index contributed by atoms with van der Waals surface area (Å²) in [4.78, 5) is 25.3. The van der Waals surface area contributed by atoms with Crippen molar-refractivity contribution in [2.75, 3.05) is 5.43 Å². The van der Waals surface area contributed by atoms with E-state index in [0.29, 0.717) is 27.9 Å². The minimum Gasteiger partial charge on any atom is -0.289 e. The van der Waals surface area contributed by atoms with Crippen molar-refractivity contribution >= 4 is 22.9 Å². The van der Waals surface area contributed by atoms with Crippen molar-refractivity contribution in [1.82, 2.24) is 0 Å². The van der Waals surface area contributed by atoms with Crippen molar-refractivity contribution in [2.24, 2.45) is 10.3 Å². The van der Waals surface area contributed by atoms with Crippen LogP contribution in [0.25, 0.3) is 0 Å². The summed E-state index contributed by atoms with van der Waals surface area (Å²) >= 11 is 0. The molecule has 0 spiro atoms. The average Bonchev–Trinajstić information content (AvgIpc) is 2.67. The van der Waals surface area contributed by atoms with Gasteiger partial charge in [-0.15, -0.1) is 5.11 Å². The van der Waals surface area contributed by atoms with E-state index >= 15 is 0 Å². The molecular formula is C21H15N3O2. The van der Waals surface area contributed by atoms with E-state index in [4.69, 9.17) is 0 Å². The summed E-state index contributed by atoms with van der Waals surface area (Å²) < 4.78 is 0. The third-order valence-corrected chi connectivity index (χ3v) is 4.30. The first-order valence-corrected chi connectivity index (χ1v) is 8.19. The number of nitrogens with one attached hydrogen (secondary N) is 1. The smallest absolute Gasteiger partial charge is 0.194 e. The maximum atomic E-state index is 12.7. The third-order valence-electron chi connectivity index (χ3n) is 4.30. The molecule has 0 fully saturated rings. The van der Waals surface area contributed by atoms with E-state index in [1.165, 1.54) is 0 Å². The molecule has 0 unspecified atom stereocenters. The minimum atomic E-state index is -0.158. The topological polar surface area (TPSA) is 70.9 Å². The molecule has 3 aromatic rings. The minimum absolute atomic E-state index is 0.136. The summed E-state index contributed by atoms with van der Waals surface area (Å²) in [6.45, 7) is 2.00. The van der Waals surface area contributed by atoms with Crippen molar-refractivity contribution in [3.05, 3.63) is 94.5 Å². The number of ketones is 2. The van der Waals surface area contributed by atoms with Crippen LogP contribution in [0.15, 0.2) is 77.1 Å². The number of carbonyl (C=O) groups excluding carboxylic acids is 2. The van der Waals surface area contributed by atoms with Gasteiger partial charge in [-0.25, -0.2) is 0 Å². The molecular weight excluding hydrogens is 326 g/mol. The Hall–Kier alpha value is -3.60. The molecule has 26 heavy (non-hydrogen) atoms. The fourth-order valence-corrected chi connectivity index (χ4v) is 2.92. The Balaban J connectivity index is 1.60. The highest BCUT2D eigenvalue weighted by atomic mass is 16.1. The van der Waals surface area contributed by atoms with E-state index in [1.807, 2.05) is 31.2 Å². The van der Waals surface area contributed by atoms with Gasteiger partial charge in [0.15, 0.2) is 11.6 Å². The maximum Gasteiger partial charge on any atom is 0.194 e. The highest BCUT2D eigenvalue weighted by Crippen LogP contribution is 2.29. The second-order valence-corrected chi connectivity index (χ2v) is 6.11. The van der Waals surface area contributed by atoms with Crippen LogP contribution in [0.1, 0.15) is 37.4 Å². The summed E-state index contributed by atoms with van der Waals surface area (Å²) in [5, 5.41) is 8.04. The third kappa shape index (κ3) is 2.80. The van der Waals surface area contributed by atoms with Crippen LogP contribution < -0.4 is 5.43 Å². The Morgan fingerprint density at radius 1 is 0.731 bits per heavy atom. The first-order valence-electron chi connectivity index (χ1n) is 8.19. The molecule has 0 saturated heterocycles. The van der Waals surface area contributed by atoms with Gasteiger partial charge in [-0.2, -0.15) is 0 Å². The Morgan fingerprint density at radius 3 is 2.04 bits per heavy atom. The molecule has 0 radical (unpaired) electrons. The van der Waals surface area contributed by atoms with E-state index in [-0.39, 0.29) is 11.6 Å². The molecule has 0 heterocycles. The number of rotatable bonds is 3. The van der Waals surface area contributed by atoms with Crippen LogP contribution in [-0.2, 0) is 0 Å². The first kappa shape index (κ1) is 15.9. The quantitative estimate of drug-likeness (QED) is 0.426. The van der Waals surface area contributed by atoms with Crippen LogP contribution in [0.4, 0.5) is 11.4 Å². The SMILES string of the molecule is Cc1ccc(N=NNc2ccc3c(c2)C(=O)c2ccccc2C3=O)cc1. The molecule has 126 valence electrons. The highest BCUT2D eigenvalue weighted by molar-refractivity contribution is 6.28. The number of carbonyl (C=O) groups is 2. The zero-order valence-corrected chi connectivity index (χ0v) is 14.1. The monoisotopic (exact) mass is 341 g/mol. The van der Waals surface area contributed by atoms with Crippen molar-refractivity contribution in [1.29, 1.82) is 0 Å². The Bertz CT molecular complexity index is 1050. The van der Waals surface area contributed by atoms with Gasteiger partial charge >= 0.3 is 0 Å². The lowest BCUT2D eigenvalue weighted by molar-refractivity contribution is 0.0979. The Kier molecular flexibility index (Phi) is 3.89.